The molecule has 0 saturated heterocycles. The van der Waals surface area contributed by atoms with Crippen molar-refractivity contribution in [2.75, 3.05) is 0 Å². The Labute approximate surface area is 123 Å². The van der Waals surface area contributed by atoms with E-state index in [1.807, 2.05) is 0 Å². The molecular formula is C19H39. The Bertz CT molecular complexity index is 150. The van der Waals surface area contributed by atoms with Crippen molar-refractivity contribution in [3.05, 3.63) is 6.42 Å². The van der Waals surface area contributed by atoms with Crippen LogP contribution in [0.25, 0.3) is 0 Å². The summed E-state index contributed by atoms with van der Waals surface area (Å²) in [7, 11) is 0. The minimum Gasteiger partial charge on any atom is -0.0654 e. The van der Waals surface area contributed by atoms with Crippen LogP contribution >= 0.6 is 0 Å². The van der Waals surface area contributed by atoms with E-state index in [9.17, 15) is 0 Å². The van der Waals surface area contributed by atoms with Crippen molar-refractivity contribution in [3.8, 4) is 0 Å². The van der Waals surface area contributed by atoms with Gasteiger partial charge in [0.25, 0.3) is 0 Å². The molecule has 0 nitrogen and oxygen atoms in total. The van der Waals surface area contributed by atoms with Crippen LogP contribution in [-0.4, -0.2) is 0 Å². The fraction of sp³-hybridized carbons (Fsp3) is 0.947. The van der Waals surface area contributed by atoms with Gasteiger partial charge in [0.2, 0.25) is 0 Å². The largest absolute Gasteiger partial charge is 0.0654 e. The Balaban J connectivity index is 3.10. The summed E-state index contributed by atoms with van der Waals surface area (Å²) in [6.45, 7) is 6.92. The highest BCUT2D eigenvalue weighted by molar-refractivity contribution is 4.58. The molecule has 0 fully saturated rings. The predicted molar refractivity (Wildman–Crippen MR) is 89.5 cm³/mol. The molecule has 1 atom stereocenters. The van der Waals surface area contributed by atoms with Crippen molar-refractivity contribution < 1.29 is 0 Å². The zero-order valence-electron chi connectivity index (χ0n) is 14.1. The molecule has 0 saturated carbocycles. The van der Waals surface area contributed by atoms with Crippen molar-refractivity contribution in [2.24, 2.45) is 5.92 Å². The molecule has 115 valence electrons. The van der Waals surface area contributed by atoms with E-state index in [1.165, 1.54) is 89.9 Å². The highest BCUT2D eigenvalue weighted by atomic mass is 14.1. The average Bonchev–Trinajstić information content (AvgIpc) is 2.41. The van der Waals surface area contributed by atoms with Crippen molar-refractivity contribution >= 4 is 0 Å². The van der Waals surface area contributed by atoms with Crippen LogP contribution in [-0.2, 0) is 0 Å². The van der Waals surface area contributed by atoms with Gasteiger partial charge in [-0.15, -0.1) is 0 Å². The summed E-state index contributed by atoms with van der Waals surface area (Å²) in [5, 5.41) is 0. The fourth-order valence-corrected chi connectivity index (χ4v) is 2.79. The summed E-state index contributed by atoms with van der Waals surface area (Å²) in [6.07, 6.45) is 22.4. The van der Waals surface area contributed by atoms with Gasteiger partial charge in [0, 0.05) is 0 Å². The third kappa shape index (κ3) is 15.9. The summed E-state index contributed by atoms with van der Waals surface area (Å²) in [6, 6.07) is 0. The molecule has 0 heteroatoms. The molecule has 1 radical (unpaired) electrons. The molecule has 0 aliphatic heterocycles. The molecule has 0 aliphatic rings. The Morgan fingerprint density at radius 1 is 0.684 bits per heavy atom. The maximum absolute atomic E-state index is 2.46. The fourth-order valence-electron chi connectivity index (χ4n) is 2.79. The SMILES string of the molecule is C[CH]CCCCCCC(C)CCCCCCCCC. The van der Waals surface area contributed by atoms with Gasteiger partial charge in [0.1, 0.15) is 0 Å². The lowest BCUT2D eigenvalue weighted by molar-refractivity contribution is 0.432. The molecule has 0 N–H and O–H groups in total. The van der Waals surface area contributed by atoms with Gasteiger partial charge in [-0.3, -0.25) is 0 Å². The summed E-state index contributed by atoms with van der Waals surface area (Å²) in [5.74, 6) is 0.966. The zero-order chi connectivity index (χ0) is 14.2. The van der Waals surface area contributed by atoms with Gasteiger partial charge in [0.15, 0.2) is 0 Å². The first-order chi connectivity index (χ1) is 9.31. The van der Waals surface area contributed by atoms with Gasteiger partial charge in [0.05, 0.1) is 0 Å². The smallest absolute Gasteiger partial charge is 0.0417 e. The molecule has 0 amide bonds. The second kappa shape index (κ2) is 16.1. The van der Waals surface area contributed by atoms with E-state index >= 15 is 0 Å². The first-order valence-corrected chi connectivity index (χ1v) is 9.09. The van der Waals surface area contributed by atoms with Gasteiger partial charge in [-0.1, -0.05) is 111 Å². The van der Waals surface area contributed by atoms with Gasteiger partial charge in [-0.05, 0) is 12.3 Å². The summed E-state index contributed by atoms with van der Waals surface area (Å²) < 4.78 is 0. The summed E-state index contributed by atoms with van der Waals surface area (Å²) in [5.41, 5.74) is 0. The normalized spacial score (nSPS) is 12.8. The second-order valence-electron chi connectivity index (χ2n) is 6.41. The van der Waals surface area contributed by atoms with Crippen LogP contribution in [0, 0.1) is 12.3 Å². The molecule has 1 unspecified atom stereocenters. The van der Waals surface area contributed by atoms with Gasteiger partial charge in [-0.2, -0.15) is 0 Å². The van der Waals surface area contributed by atoms with Gasteiger partial charge < -0.3 is 0 Å². The third-order valence-corrected chi connectivity index (χ3v) is 4.24. The molecule has 0 heterocycles. The first-order valence-electron chi connectivity index (χ1n) is 9.09. The highest BCUT2D eigenvalue weighted by Crippen LogP contribution is 2.18. The molecule has 0 aromatic carbocycles. The van der Waals surface area contributed by atoms with Crippen LogP contribution in [0.2, 0.25) is 0 Å². The quantitative estimate of drug-likeness (QED) is 0.272. The average molecular weight is 268 g/mol. The van der Waals surface area contributed by atoms with Crippen molar-refractivity contribution in [1.29, 1.82) is 0 Å². The molecule has 0 aromatic heterocycles. The van der Waals surface area contributed by atoms with E-state index in [-0.39, 0.29) is 0 Å². The van der Waals surface area contributed by atoms with E-state index < -0.39 is 0 Å². The van der Waals surface area contributed by atoms with E-state index in [0.717, 1.165) is 5.92 Å². The van der Waals surface area contributed by atoms with Crippen molar-refractivity contribution in [2.45, 2.75) is 111 Å². The second-order valence-corrected chi connectivity index (χ2v) is 6.41. The lowest BCUT2D eigenvalue weighted by Gasteiger charge is -2.11. The minimum absolute atomic E-state index is 0.966. The highest BCUT2D eigenvalue weighted by Gasteiger charge is 2.01. The number of hydrogen-bond acceptors (Lipinski definition) is 0. The van der Waals surface area contributed by atoms with E-state index in [0.29, 0.717) is 0 Å². The maximum atomic E-state index is 2.46. The standard InChI is InChI=1S/C19H39/c1-4-6-8-10-12-14-16-18-19(3)17-15-13-11-9-7-5-2/h5,19H,4,6-18H2,1-3H3. The topological polar surface area (TPSA) is 0 Å². The predicted octanol–water partition coefficient (Wildman–Crippen LogP) is 7.33. The van der Waals surface area contributed by atoms with Crippen LogP contribution in [0.3, 0.4) is 0 Å². The Morgan fingerprint density at radius 3 is 1.68 bits per heavy atom. The number of rotatable bonds is 15. The summed E-state index contributed by atoms with van der Waals surface area (Å²) in [4.78, 5) is 0. The molecule has 19 heavy (non-hydrogen) atoms. The lowest BCUT2D eigenvalue weighted by atomic mass is 9.96. The van der Waals surface area contributed by atoms with Crippen molar-refractivity contribution in [3.63, 3.8) is 0 Å². The van der Waals surface area contributed by atoms with E-state index in [4.69, 9.17) is 0 Å². The van der Waals surface area contributed by atoms with Gasteiger partial charge in [-0.25, -0.2) is 0 Å². The van der Waals surface area contributed by atoms with Crippen LogP contribution in [0.15, 0.2) is 0 Å². The summed E-state index contributed by atoms with van der Waals surface area (Å²) >= 11 is 0. The number of unbranched alkanes of at least 4 members (excludes halogenated alkanes) is 11. The molecule has 0 bridgehead atoms. The van der Waals surface area contributed by atoms with E-state index in [1.54, 1.807) is 0 Å². The Hall–Kier alpha value is 0. The van der Waals surface area contributed by atoms with Crippen LogP contribution in [0.5, 0.6) is 0 Å². The van der Waals surface area contributed by atoms with Crippen LogP contribution < -0.4 is 0 Å². The Kier molecular flexibility index (Phi) is 16.1. The number of hydrogen-bond donors (Lipinski definition) is 0. The third-order valence-electron chi connectivity index (χ3n) is 4.24. The Morgan fingerprint density at radius 2 is 1.16 bits per heavy atom. The van der Waals surface area contributed by atoms with Crippen LogP contribution in [0.1, 0.15) is 111 Å². The molecule has 0 aliphatic carbocycles. The van der Waals surface area contributed by atoms with Gasteiger partial charge >= 0.3 is 0 Å². The van der Waals surface area contributed by atoms with E-state index in [2.05, 4.69) is 27.2 Å². The molecule has 0 spiro atoms. The molecule has 0 rings (SSSR count). The molecular weight excluding hydrogens is 228 g/mol. The molecule has 0 aromatic rings. The lowest BCUT2D eigenvalue weighted by Crippen LogP contribution is -1.95. The minimum atomic E-state index is 0.966. The van der Waals surface area contributed by atoms with Crippen LogP contribution in [0.4, 0.5) is 0 Å². The first kappa shape index (κ1) is 19.0. The van der Waals surface area contributed by atoms with Crippen molar-refractivity contribution in [1.82, 2.24) is 0 Å². The maximum Gasteiger partial charge on any atom is -0.0417 e. The monoisotopic (exact) mass is 267 g/mol. The zero-order valence-corrected chi connectivity index (χ0v) is 14.1.